The molecule has 0 fully saturated rings. The minimum atomic E-state index is -0.105. The molecule has 0 aromatic carbocycles. The number of aryl methyl sites for hydroxylation is 1. The van der Waals surface area contributed by atoms with Crippen LogP contribution in [0.15, 0.2) is 54.6 Å². The maximum absolute atomic E-state index is 12.3. The summed E-state index contributed by atoms with van der Waals surface area (Å²) in [5.41, 5.74) is 0.673. The van der Waals surface area contributed by atoms with E-state index in [1.807, 2.05) is 40.4 Å². The first-order valence-corrected chi connectivity index (χ1v) is 8.60. The van der Waals surface area contributed by atoms with Crippen LogP contribution in [0.25, 0.3) is 21.7 Å². The van der Waals surface area contributed by atoms with Crippen molar-refractivity contribution >= 4 is 33.3 Å². The molecule has 0 bridgehead atoms. The topological polar surface area (TPSA) is 85.6 Å². The Hall–Kier alpha value is -3.13. The van der Waals surface area contributed by atoms with E-state index >= 15 is 0 Å². The second-order valence-electron chi connectivity index (χ2n) is 5.35. The number of amides is 1. The number of carbonyl (C=O) groups excluding carboxylic acids is 1. The molecule has 0 aliphatic rings. The molecule has 1 N–H and O–H groups in total. The van der Waals surface area contributed by atoms with Crippen molar-refractivity contribution in [2.45, 2.75) is 13.0 Å². The van der Waals surface area contributed by atoms with Gasteiger partial charge in [0.25, 0.3) is 0 Å². The molecule has 0 unspecified atom stereocenters. The SMILES string of the molecule is O=C(CCn1ccnc1)Nc1nc(-c2ccccn2)nc2sccc12. The summed E-state index contributed by atoms with van der Waals surface area (Å²) in [5.74, 6) is 0.912. The summed E-state index contributed by atoms with van der Waals surface area (Å²) in [6, 6.07) is 7.48. The van der Waals surface area contributed by atoms with E-state index in [0.717, 1.165) is 10.2 Å². The fourth-order valence-electron chi connectivity index (χ4n) is 2.40. The molecule has 7 nitrogen and oxygen atoms in total. The third-order valence-corrected chi connectivity index (χ3v) is 4.44. The first kappa shape index (κ1) is 15.4. The van der Waals surface area contributed by atoms with Gasteiger partial charge >= 0.3 is 0 Å². The predicted octanol–water partition coefficient (Wildman–Crippen LogP) is 2.98. The molecule has 0 radical (unpaired) electrons. The zero-order chi connectivity index (χ0) is 17.1. The lowest BCUT2D eigenvalue weighted by Gasteiger charge is -2.08. The highest BCUT2D eigenvalue weighted by atomic mass is 32.1. The smallest absolute Gasteiger partial charge is 0.227 e. The van der Waals surface area contributed by atoms with Crippen LogP contribution in [-0.4, -0.2) is 30.4 Å². The Kier molecular flexibility index (Phi) is 4.17. The van der Waals surface area contributed by atoms with E-state index in [0.29, 0.717) is 30.3 Å². The number of nitrogens with zero attached hydrogens (tertiary/aromatic N) is 5. The van der Waals surface area contributed by atoms with Crippen LogP contribution in [0.2, 0.25) is 0 Å². The maximum atomic E-state index is 12.3. The molecule has 0 aliphatic carbocycles. The van der Waals surface area contributed by atoms with Crippen LogP contribution >= 0.6 is 11.3 Å². The third kappa shape index (κ3) is 3.38. The van der Waals surface area contributed by atoms with Crippen LogP contribution in [0.3, 0.4) is 0 Å². The first-order chi connectivity index (χ1) is 12.3. The highest BCUT2D eigenvalue weighted by Crippen LogP contribution is 2.27. The van der Waals surface area contributed by atoms with Gasteiger partial charge in [0.1, 0.15) is 16.3 Å². The van der Waals surface area contributed by atoms with Gasteiger partial charge < -0.3 is 9.88 Å². The number of pyridine rings is 1. The van der Waals surface area contributed by atoms with Gasteiger partial charge in [-0.25, -0.2) is 15.0 Å². The van der Waals surface area contributed by atoms with Crippen molar-refractivity contribution in [1.82, 2.24) is 24.5 Å². The number of anilines is 1. The molecule has 0 spiro atoms. The minimum Gasteiger partial charge on any atom is -0.337 e. The number of imidazole rings is 1. The maximum Gasteiger partial charge on any atom is 0.227 e. The van der Waals surface area contributed by atoms with Crippen LogP contribution in [-0.2, 0) is 11.3 Å². The Labute approximate surface area is 147 Å². The lowest BCUT2D eigenvalue weighted by atomic mass is 10.3. The molecular weight excluding hydrogens is 336 g/mol. The summed E-state index contributed by atoms with van der Waals surface area (Å²) in [7, 11) is 0. The van der Waals surface area contributed by atoms with E-state index < -0.39 is 0 Å². The summed E-state index contributed by atoms with van der Waals surface area (Å²) in [4.78, 5) is 30.4. The van der Waals surface area contributed by atoms with Gasteiger partial charge in [-0.05, 0) is 23.6 Å². The van der Waals surface area contributed by atoms with E-state index in [1.165, 1.54) is 11.3 Å². The fourth-order valence-corrected chi connectivity index (χ4v) is 3.17. The van der Waals surface area contributed by atoms with E-state index in [1.54, 1.807) is 18.7 Å². The molecular formula is C17H14N6OS. The van der Waals surface area contributed by atoms with E-state index in [4.69, 9.17) is 0 Å². The minimum absolute atomic E-state index is 0.105. The Morgan fingerprint density at radius 2 is 2.16 bits per heavy atom. The molecule has 0 aliphatic heterocycles. The van der Waals surface area contributed by atoms with Crippen molar-refractivity contribution in [2.24, 2.45) is 0 Å². The lowest BCUT2D eigenvalue weighted by molar-refractivity contribution is -0.116. The Bertz CT molecular complexity index is 997. The molecule has 0 saturated heterocycles. The number of aromatic nitrogens is 5. The Morgan fingerprint density at radius 1 is 1.20 bits per heavy atom. The fraction of sp³-hybridized carbons (Fsp3) is 0.118. The van der Waals surface area contributed by atoms with E-state index in [-0.39, 0.29) is 5.91 Å². The molecule has 4 aromatic rings. The van der Waals surface area contributed by atoms with Crippen molar-refractivity contribution in [3.8, 4) is 11.5 Å². The van der Waals surface area contributed by atoms with Gasteiger partial charge in [0.15, 0.2) is 5.82 Å². The van der Waals surface area contributed by atoms with Crippen molar-refractivity contribution in [3.63, 3.8) is 0 Å². The van der Waals surface area contributed by atoms with Crippen LogP contribution in [0.1, 0.15) is 6.42 Å². The first-order valence-electron chi connectivity index (χ1n) is 7.72. The summed E-state index contributed by atoms with van der Waals surface area (Å²) >= 11 is 1.51. The zero-order valence-corrected chi connectivity index (χ0v) is 14.0. The molecule has 4 rings (SSSR count). The van der Waals surface area contributed by atoms with Gasteiger partial charge in [0.05, 0.1) is 11.7 Å². The van der Waals surface area contributed by atoms with Gasteiger partial charge in [-0.15, -0.1) is 11.3 Å². The van der Waals surface area contributed by atoms with E-state index in [9.17, 15) is 4.79 Å². The number of rotatable bonds is 5. The van der Waals surface area contributed by atoms with Crippen LogP contribution in [0.5, 0.6) is 0 Å². The molecule has 8 heteroatoms. The Morgan fingerprint density at radius 3 is 2.96 bits per heavy atom. The molecule has 1 amide bonds. The van der Waals surface area contributed by atoms with Crippen molar-refractivity contribution < 1.29 is 4.79 Å². The highest BCUT2D eigenvalue weighted by Gasteiger charge is 2.13. The van der Waals surface area contributed by atoms with Crippen molar-refractivity contribution in [1.29, 1.82) is 0 Å². The third-order valence-electron chi connectivity index (χ3n) is 3.63. The van der Waals surface area contributed by atoms with Crippen LogP contribution in [0.4, 0.5) is 5.82 Å². The summed E-state index contributed by atoms with van der Waals surface area (Å²) in [6.07, 6.45) is 7.24. The van der Waals surface area contributed by atoms with Crippen molar-refractivity contribution in [3.05, 3.63) is 54.6 Å². The highest BCUT2D eigenvalue weighted by molar-refractivity contribution is 7.16. The standard InChI is InChI=1S/C17H14N6OS/c24-14(4-8-23-9-7-18-11-23)20-15-12-5-10-25-17(12)22-16(21-15)13-3-1-2-6-19-13/h1-3,5-7,9-11H,4,8H2,(H,20,21,22,24). The zero-order valence-electron chi connectivity index (χ0n) is 13.2. The second kappa shape index (κ2) is 6.78. The van der Waals surface area contributed by atoms with Gasteiger partial charge in [0.2, 0.25) is 5.91 Å². The monoisotopic (exact) mass is 350 g/mol. The number of nitrogens with one attached hydrogen (secondary N) is 1. The molecule has 0 atom stereocenters. The predicted molar refractivity (Wildman–Crippen MR) is 96.1 cm³/mol. The van der Waals surface area contributed by atoms with Crippen LogP contribution in [0, 0.1) is 0 Å². The number of thiophene rings is 1. The average Bonchev–Trinajstić information content (AvgIpc) is 3.32. The summed E-state index contributed by atoms with van der Waals surface area (Å²) in [6.45, 7) is 0.566. The molecule has 124 valence electrons. The normalized spacial score (nSPS) is 10.9. The van der Waals surface area contributed by atoms with E-state index in [2.05, 4.69) is 25.3 Å². The Balaban J connectivity index is 1.59. The van der Waals surface area contributed by atoms with Gasteiger partial charge in [0, 0.05) is 31.6 Å². The largest absolute Gasteiger partial charge is 0.337 e. The second-order valence-corrected chi connectivity index (χ2v) is 6.24. The number of hydrogen-bond donors (Lipinski definition) is 1. The van der Waals surface area contributed by atoms with Gasteiger partial charge in [-0.3, -0.25) is 9.78 Å². The number of carbonyl (C=O) groups is 1. The van der Waals surface area contributed by atoms with Crippen LogP contribution < -0.4 is 5.32 Å². The summed E-state index contributed by atoms with van der Waals surface area (Å²) < 4.78 is 1.86. The molecule has 4 heterocycles. The quantitative estimate of drug-likeness (QED) is 0.598. The number of hydrogen-bond acceptors (Lipinski definition) is 6. The summed E-state index contributed by atoms with van der Waals surface area (Å²) in [5, 5.41) is 5.67. The van der Waals surface area contributed by atoms with Crippen molar-refractivity contribution in [2.75, 3.05) is 5.32 Å². The molecule has 25 heavy (non-hydrogen) atoms. The lowest BCUT2D eigenvalue weighted by Crippen LogP contribution is -2.15. The molecule has 4 aromatic heterocycles. The molecule has 0 saturated carbocycles. The van der Waals surface area contributed by atoms with Gasteiger partial charge in [-0.1, -0.05) is 6.07 Å². The number of fused-ring (bicyclic) bond motifs is 1. The van der Waals surface area contributed by atoms with Gasteiger partial charge in [-0.2, -0.15) is 0 Å². The average molecular weight is 350 g/mol.